The lowest BCUT2D eigenvalue weighted by molar-refractivity contribution is 1.18. The van der Waals surface area contributed by atoms with Crippen LogP contribution in [-0.2, 0) is 0 Å². The monoisotopic (exact) mass is 510 g/mol. The molecule has 0 aliphatic heterocycles. The van der Waals surface area contributed by atoms with Crippen LogP contribution in [-0.4, -0.2) is 8.97 Å². The fraction of sp³-hybridized carbons (Fsp3) is 0. The molecule has 40 heavy (non-hydrogen) atoms. The van der Waals surface area contributed by atoms with Crippen LogP contribution in [0.1, 0.15) is 0 Å². The second kappa shape index (κ2) is 7.81. The molecule has 0 unspecified atom stereocenters. The summed E-state index contributed by atoms with van der Waals surface area (Å²) in [5, 5.41) is 7.45. The fourth-order valence-corrected chi connectivity index (χ4v) is 6.71. The molecule has 0 radical (unpaired) electrons. The molecule has 0 fully saturated rings. The molecule has 0 bridgehead atoms. The summed E-state index contributed by atoms with van der Waals surface area (Å²) in [5.41, 5.74) is 7.80. The lowest BCUT2D eigenvalue weighted by atomic mass is 10.0. The quantitative estimate of drug-likeness (QED) is 0.213. The Balaban J connectivity index is 1.45. The van der Waals surface area contributed by atoms with Gasteiger partial charge in [0.2, 0.25) is 0 Å². The van der Waals surface area contributed by atoms with Crippen LogP contribution in [0.15, 0.2) is 138 Å². The van der Waals surface area contributed by atoms with Gasteiger partial charge in [-0.1, -0.05) is 91.0 Å². The second-order valence-corrected chi connectivity index (χ2v) is 10.5. The highest BCUT2D eigenvalue weighted by Gasteiger charge is 2.20. The van der Waals surface area contributed by atoms with E-state index in [2.05, 4.69) is 114 Å². The van der Waals surface area contributed by atoms with Crippen LogP contribution in [0.25, 0.3) is 76.6 Å². The van der Waals surface area contributed by atoms with Crippen LogP contribution in [0, 0.1) is 0 Å². The summed E-state index contributed by atoms with van der Waals surface area (Å²) < 4.78 is 4.28. The van der Waals surface area contributed by atoms with Crippen LogP contribution in [0.5, 0.6) is 0 Å². The van der Waals surface area contributed by atoms with E-state index in [-0.39, 0.29) is 5.56 Å². The molecule has 9 rings (SSSR count). The average Bonchev–Trinajstić information content (AvgIpc) is 3.53. The van der Waals surface area contributed by atoms with Crippen LogP contribution in [0.4, 0.5) is 0 Å². The zero-order chi connectivity index (χ0) is 26.4. The van der Waals surface area contributed by atoms with Gasteiger partial charge in [-0.05, 0) is 59.0 Å². The first-order valence-corrected chi connectivity index (χ1v) is 13.6. The maximum absolute atomic E-state index is 13.7. The molecule has 186 valence electrons. The minimum atomic E-state index is 0.0346. The summed E-state index contributed by atoms with van der Waals surface area (Å²) in [7, 11) is 0. The van der Waals surface area contributed by atoms with Crippen LogP contribution < -0.4 is 5.56 Å². The van der Waals surface area contributed by atoms with Gasteiger partial charge in [0.15, 0.2) is 0 Å². The number of aromatic nitrogens is 2. The van der Waals surface area contributed by atoms with E-state index in [1.807, 2.05) is 28.7 Å². The smallest absolute Gasteiger partial charge is 0.263 e. The number of benzene rings is 6. The molecule has 0 aliphatic rings. The Kier molecular flexibility index (Phi) is 4.20. The topological polar surface area (TPSA) is 26.4 Å². The maximum Gasteiger partial charge on any atom is 0.263 e. The first-order valence-electron chi connectivity index (χ1n) is 13.6. The SMILES string of the molecule is O=c1c2ccccc2c2cc(-n3c4ccccc4c4cc(-c5ccccc5)ccc43)cc3c4ccccc4n1c23. The van der Waals surface area contributed by atoms with Gasteiger partial charge in [-0.15, -0.1) is 0 Å². The number of hydrogen-bond acceptors (Lipinski definition) is 1. The third kappa shape index (κ3) is 2.76. The molecule has 3 nitrogen and oxygen atoms in total. The highest BCUT2D eigenvalue weighted by molar-refractivity contribution is 6.21. The van der Waals surface area contributed by atoms with Gasteiger partial charge in [0.05, 0.1) is 22.1 Å². The molecule has 3 heteroatoms. The summed E-state index contributed by atoms with van der Waals surface area (Å²) in [5.74, 6) is 0. The maximum atomic E-state index is 13.7. The van der Waals surface area contributed by atoms with E-state index in [0.717, 1.165) is 54.7 Å². The third-order valence-corrected chi connectivity index (χ3v) is 8.44. The van der Waals surface area contributed by atoms with Crippen LogP contribution in [0.3, 0.4) is 0 Å². The zero-order valence-corrected chi connectivity index (χ0v) is 21.5. The Hall–Kier alpha value is -5.41. The molecule has 6 aromatic carbocycles. The largest absolute Gasteiger partial charge is 0.309 e. The van der Waals surface area contributed by atoms with Crippen molar-refractivity contribution >= 4 is 59.8 Å². The van der Waals surface area contributed by atoms with Gasteiger partial charge in [-0.25, -0.2) is 0 Å². The van der Waals surface area contributed by atoms with Crippen molar-refractivity contribution in [1.82, 2.24) is 8.97 Å². The Morgan fingerprint density at radius 2 is 0.975 bits per heavy atom. The van der Waals surface area contributed by atoms with E-state index in [1.54, 1.807) is 0 Å². The summed E-state index contributed by atoms with van der Waals surface area (Å²) in [6, 6.07) is 46.7. The number of rotatable bonds is 2. The van der Waals surface area contributed by atoms with Crippen molar-refractivity contribution in [3.05, 3.63) is 144 Å². The number of nitrogens with zero attached hydrogens (tertiary/aromatic N) is 2. The van der Waals surface area contributed by atoms with Gasteiger partial charge < -0.3 is 4.57 Å². The van der Waals surface area contributed by atoms with Crippen molar-refractivity contribution in [1.29, 1.82) is 0 Å². The van der Waals surface area contributed by atoms with Gasteiger partial charge in [0.1, 0.15) is 0 Å². The Morgan fingerprint density at radius 1 is 0.400 bits per heavy atom. The van der Waals surface area contributed by atoms with E-state index in [4.69, 9.17) is 0 Å². The van der Waals surface area contributed by atoms with Gasteiger partial charge in [0.25, 0.3) is 5.56 Å². The Bertz CT molecular complexity index is 2500. The van der Waals surface area contributed by atoms with E-state index < -0.39 is 0 Å². The number of pyridine rings is 1. The Morgan fingerprint density at radius 3 is 1.75 bits per heavy atom. The summed E-state index contributed by atoms with van der Waals surface area (Å²) in [6.07, 6.45) is 0. The van der Waals surface area contributed by atoms with Gasteiger partial charge in [0, 0.05) is 38.0 Å². The van der Waals surface area contributed by atoms with Crippen molar-refractivity contribution in [3.63, 3.8) is 0 Å². The molecule has 0 atom stereocenters. The average molecular weight is 511 g/mol. The summed E-state index contributed by atoms with van der Waals surface area (Å²) >= 11 is 0. The van der Waals surface area contributed by atoms with E-state index in [9.17, 15) is 4.79 Å². The minimum Gasteiger partial charge on any atom is -0.309 e. The molecule has 0 spiro atoms. The number of para-hydroxylation sites is 2. The molecule has 0 amide bonds. The van der Waals surface area contributed by atoms with Crippen molar-refractivity contribution in [3.8, 4) is 16.8 Å². The first-order chi connectivity index (χ1) is 19.8. The second-order valence-electron chi connectivity index (χ2n) is 10.5. The van der Waals surface area contributed by atoms with E-state index >= 15 is 0 Å². The van der Waals surface area contributed by atoms with Crippen molar-refractivity contribution in [2.24, 2.45) is 0 Å². The first kappa shape index (κ1) is 21.5. The molecule has 0 N–H and O–H groups in total. The highest BCUT2D eigenvalue weighted by Crippen LogP contribution is 2.39. The molecule has 3 heterocycles. The molecular weight excluding hydrogens is 488 g/mol. The number of hydrogen-bond donors (Lipinski definition) is 0. The number of fused-ring (bicyclic) bond motifs is 8. The molecular formula is C37H22N2O. The molecule has 0 aliphatic carbocycles. The fourth-order valence-electron chi connectivity index (χ4n) is 6.71. The predicted octanol–water partition coefficient (Wildman–Crippen LogP) is 8.96. The molecule has 3 aromatic heterocycles. The zero-order valence-electron chi connectivity index (χ0n) is 21.5. The Labute approximate surface area is 229 Å². The lowest BCUT2D eigenvalue weighted by Gasteiger charge is -2.12. The lowest BCUT2D eigenvalue weighted by Crippen LogP contribution is -2.12. The predicted molar refractivity (Wildman–Crippen MR) is 167 cm³/mol. The molecule has 0 saturated heterocycles. The van der Waals surface area contributed by atoms with E-state index in [0.29, 0.717) is 0 Å². The highest BCUT2D eigenvalue weighted by atomic mass is 16.1. The molecule has 9 aromatic rings. The minimum absolute atomic E-state index is 0.0346. The summed E-state index contributed by atoms with van der Waals surface area (Å²) in [4.78, 5) is 13.7. The standard InChI is InChI=1S/C37H22N2O/c40-37-29-15-5-4-12-26(29)31-21-25(22-32-28-14-7-9-17-34(28)39(37)36(31)32)38-33-16-8-6-13-27(33)30-20-24(18-19-35(30)38)23-10-2-1-3-11-23/h1-22H. The van der Waals surface area contributed by atoms with Gasteiger partial charge >= 0.3 is 0 Å². The van der Waals surface area contributed by atoms with Gasteiger partial charge in [-0.3, -0.25) is 9.20 Å². The molecule has 0 saturated carbocycles. The third-order valence-electron chi connectivity index (χ3n) is 8.44. The van der Waals surface area contributed by atoms with Crippen LogP contribution >= 0.6 is 0 Å². The van der Waals surface area contributed by atoms with Crippen molar-refractivity contribution in [2.75, 3.05) is 0 Å². The van der Waals surface area contributed by atoms with Gasteiger partial charge in [-0.2, -0.15) is 0 Å². The van der Waals surface area contributed by atoms with Crippen molar-refractivity contribution in [2.45, 2.75) is 0 Å². The normalized spacial score (nSPS) is 12.1. The van der Waals surface area contributed by atoms with E-state index in [1.165, 1.54) is 21.9 Å². The summed E-state index contributed by atoms with van der Waals surface area (Å²) in [6.45, 7) is 0. The van der Waals surface area contributed by atoms with Crippen LogP contribution in [0.2, 0.25) is 0 Å². The van der Waals surface area contributed by atoms with Crippen molar-refractivity contribution < 1.29 is 0 Å².